The standard InChI is InChI=1S/C12H17N3O2/c1-8(2)13-10-4-3-5-11(14-10)15-7-6-9(16)12(15)17/h3-5,8-9,16H,6-7H2,1-2H3,(H,13,14). The van der Waals surface area contributed by atoms with Crippen molar-refractivity contribution in [3.63, 3.8) is 0 Å². The molecular formula is C12H17N3O2. The summed E-state index contributed by atoms with van der Waals surface area (Å²) in [5.41, 5.74) is 0. The normalized spacial score (nSPS) is 20.1. The Labute approximate surface area is 100 Å². The van der Waals surface area contributed by atoms with Crippen molar-refractivity contribution in [1.29, 1.82) is 0 Å². The van der Waals surface area contributed by atoms with Gasteiger partial charge in [-0.2, -0.15) is 0 Å². The summed E-state index contributed by atoms with van der Waals surface area (Å²) in [6.45, 7) is 4.58. The SMILES string of the molecule is CC(C)Nc1cccc(N2CCC(O)C2=O)n1. The second-order valence-electron chi connectivity index (χ2n) is 4.47. The number of aliphatic hydroxyl groups is 1. The highest BCUT2D eigenvalue weighted by molar-refractivity contribution is 5.97. The van der Waals surface area contributed by atoms with Gasteiger partial charge in [-0.25, -0.2) is 4.98 Å². The van der Waals surface area contributed by atoms with Gasteiger partial charge in [0, 0.05) is 19.0 Å². The molecule has 17 heavy (non-hydrogen) atoms. The first-order chi connectivity index (χ1) is 8.08. The summed E-state index contributed by atoms with van der Waals surface area (Å²) in [5, 5.41) is 12.6. The van der Waals surface area contributed by atoms with E-state index in [4.69, 9.17) is 0 Å². The van der Waals surface area contributed by atoms with E-state index in [2.05, 4.69) is 10.3 Å². The van der Waals surface area contributed by atoms with Crippen LogP contribution in [0.4, 0.5) is 11.6 Å². The molecule has 2 N–H and O–H groups in total. The van der Waals surface area contributed by atoms with Crippen LogP contribution < -0.4 is 10.2 Å². The van der Waals surface area contributed by atoms with Gasteiger partial charge >= 0.3 is 0 Å². The number of aromatic nitrogens is 1. The average molecular weight is 235 g/mol. The summed E-state index contributed by atoms with van der Waals surface area (Å²) in [5.74, 6) is 1.07. The molecule has 1 amide bonds. The Morgan fingerprint density at radius 3 is 2.88 bits per heavy atom. The number of nitrogens with one attached hydrogen (secondary N) is 1. The van der Waals surface area contributed by atoms with Gasteiger partial charge in [0.1, 0.15) is 17.7 Å². The van der Waals surface area contributed by atoms with Gasteiger partial charge in [0.05, 0.1) is 0 Å². The minimum Gasteiger partial charge on any atom is -0.383 e. The fourth-order valence-electron chi connectivity index (χ4n) is 1.84. The van der Waals surface area contributed by atoms with Gasteiger partial charge in [0.2, 0.25) is 0 Å². The van der Waals surface area contributed by atoms with Gasteiger partial charge in [0.15, 0.2) is 0 Å². The third kappa shape index (κ3) is 2.55. The molecule has 0 aliphatic carbocycles. The molecule has 0 saturated carbocycles. The van der Waals surface area contributed by atoms with Crippen molar-refractivity contribution in [2.75, 3.05) is 16.8 Å². The van der Waals surface area contributed by atoms with Crippen LogP contribution in [0.2, 0.25) is 0 Å². The molecule has 1 aromatic rings. The highest BCUT2D eigenvalue weighted by Crippen LogP contribution is 2.21. The van der Waals surface area contributed by atoms with Crippen LogP contribution in [0.3, 0.4) is 0 Å². The molecule has 0 spiro atoms. The van der Waals surface area contributed by atoms with Gasteiger partial charge in [0.25, 0.3) is 5.91 Å². The number of amides is 1. The molecule has 1 aliphatic rings. The fourth-order valence-corrected chi connectivity index (χ4v) is 1.84. The number of hydrogen-bond donors (Lipinski definition) is 2. The van der Waals surface area contributed by atoms with Crippen LogP contribution in [0.25, 0.3) is 0 Å². The maximum atomic E-state index is 11.7. The van der Waals surface area contributed by atoms with E-state index < -0.39 is 6.10 Å². The van der Waals surface area contributed by atoms with Crippen LogP contribution in [0.5, 0.6) is 0 Å². The van der Waals surface area contributed by atoms with Crippen molar-refractivity contribution in [2.45, 2.75) is 32.4 Å². The smallest absolute Gasteiger partial charge is 0.257 e. The van der Waals surface area contributed by atoms with Crippen LogP contribution in [0.15, 0.2) is 18.2 Å². The predicted molar refractivity (Wildman–Crippen MR) is 66.0 cm³/mol. The zero-order valence-electron chi connectivity index (χ0n) is 10.1. The lowest BCUT2D eigenvalue weighted by Crippen LogP contribution is -2.30. The minimum atomic E-state index is -0.876. The first kappa shape index (κ1) is 11.9. The van der Waals surface area contributed by atoms with E-state index in [0.29, 0.717) is 18.8 Å². The van der Waals surface area contributed by atoms with Gasteiger partial charge in [-0.15, -0.1) is 0 Å². The van der Waals surface area contributed by atoms with E-state index in [1.807, 2.05) is 26.0 Å². The highest BCUT2D eigenvalue weighted by atomic mass is 16.3. The summed E-state index contributed by atoms with van der Waals surface area (Å²) < 4.78 is 0. The zero-order valence-corrected chi connectivity index (χ0v) is 10.1. The predicted octanol–water partition coefficient (Wildman–Crippen LogP) is 0.999. The first-order valence-electron chi connectivity index (χ1n) is 5.81. The van der Waals surface area contributed by atoms with Crippen molar-refractivity contribution in [2.24, 2.45) is 0 Å². The third-order valence-electron chi connectivity index (χ3n) is 2.62. The van der Waals surface area contributed by atoms with Crippen molar-refractivity contribution in [3.8, 4) is 0 Å². The van der Waals surface area contributed by atoms with Crippen LogP contribution in [0.1, 0.15) is 20.3 Å². The zero-order chi connectivity index (χ0) is 12.4. The van der Waals surface area contributed by atoms with Gasteiger partial charge < -0.3 is 10.4 Å². The molecule has 1 fully saturated rings. The summed E-state index contributed by atoms with van der Waals surface area (Å²) in [7, 11) is 0. The Balaban J connectivity index is 2.19. The maximum Gasteiger partial charge on any atom is 0.257 e. The van der Waals surface area contributed by atoms with Gasteiger partial charge in [-0.3, -0.25) is 9.69 Å². The van der Waals surface area contributed by atoms with Crippen LogP contribution in [0, 0.1) is 0 Å². The Hall–Kier alpha value is -1.62. The molecule has 0 aromatic carbocycles. The number of anilines is 2. The Morgan fingerprint density at radius 2 is 2.29 bits per heavy atom. The Bertz CT molecular complexity index is 420. The van der Waals surface area contributed by atoms with E-state index >= 15 is 0 Å². The Kier molecular flexibility index (Phi) is 3.28. The molecule has 1 aromatic heterocycles. The minimum absolute atomic E-state index is 0.265. The molecule has 5 heteroatoms. The molecule has 0 radical (unpaired) electrons. The van der Waals surface area contributed by atoms with E-state index in [9.17, 15) is 9.90 Å². The van der Waals surface area contributed by atoms with Crippen molar-refractivity contribution in [3.05, 3.63) is 18.2 Å². The number of aliphatic hydroxyl groups excluding tert-OH is 1. The van der Waals surface area contributed by atoms with E-state index in [1.165, 1.54) is 4.90 Å². The summed E-state index contributed by atoms with van der Waals surface area (Å²) in [6, 6.07) is 5.78. The number of nitrogens with zero attached hydrogens (tertiary/aromatic N) is 2. The van der Waals surface area contributed by atoms with E-state index in [1.54, 1.807) is 6.07 Å². The molecule has 92 valence electrons. The molecule has 2 heterocycles. The fraction of sp³-hybridized carbons (Fsp3) is 0.500. The van der Waals surface area contributed by atoms with Crippen molar-refractivity contribution >= 4 is 17.5 Å². The first-order valence-corrected chi connectivity index (χ1v) is 5.81. The lowest BCUT2D eigenvalue weighted by molar-refractivity contribution is -0.124. The van der Waals surface area contributed by atoms with Crippen LogP contribution in [-0.4, -0.2) is 34.7 Å². The molecule has 1 aliphatic heterocycles. The quantitative estimate of drug-likeness (QED) is 0.820. The van der Waals surface area contributed by atoms with E-state index in [0.717, 1.165) is 5.82 Å². The summed E-state index contributed by atoms with van der Waals surface area (Å²) in [4.78, 5) is 17.5. The summed E-state index contributed by atoms with van der Waals surface area (Å²) in [6.07, 6.45) is -0.402. The summed E-state index contributed by atoms with van der Waals surface area (Å²) >= 11 is 0. The number of carbonyl (C=O) groups excluding carboxylic acids is 1. The third-order valence-corrected chi connectivity index (χ3v) is 2.62. The molecule has 1 saturated heterocycles. The second-order valence-corrected chi connectivity index (χ2v) is 4.47. The highest BCUT2D eigenvalue weighted by Gasteiger charge is 2.31. The largest absolute Gasteiger partial charge is 0.383 e. The number of pyridine rings is 1. The van der Waals surface area contributed by atoms with Crippen molar-refractivity contribution in [1.82, 2.24) is 4.98 Å². The lowest BCUT2D eigenvalue weighted by Gasteiger charge is -2.16. The number of carbonyl (C=O) groups is 1. The van der Waals surface area contributed by atoms with Gasteiger partial charge in [-0.05, 0) is 26.0 Å². The molecule has 0 bridgehead atoms. The lowest BCUT2D eigenvalue weighted by atomic mass is 10.3. The molecule has 2 rings (SSSR count). The van der Waals surface area contributed by atoms with Crippen molar-refractivity contribution < 1.29 is 9.90 Å². The Morgan fingerprint density at radius 1 is 1.53 bits per heavy atom. The van der Waals surface area contributed by atoms with Crippen LogP contribution in [-0.2, 0) is 4.79 Å². The average Bonchev–Trinajstić information content (AvgIpc) is 2.59. The number of rotatable bonds is 3. The maximum absolute atomic E-state index is 11.7. The molecule has 1 atom stereocenters. The molecule has 5 nitrogen and oxygen atoms in total. The second kappa shape index (κ2) is 4.71. The van der Waals surface area contributed by atoms with E-state index in [-0.39, 0.29) is 11.9 Å². The van der Waals surface area contributed by atoms with Crippen LogP contribution >= 0.6 is 0 Å². The topological polar surface area (TPSA) is 65.5 Å². The molecular weight excluding hydrogens is 218 g/mol. The molecule has 1 unspecified atom stereocenters. The monoisotopic (exact) mass is 235 g/mol. The van der Waals surface area contributed by atoms with Gasteiger partial charge in [-0.1, -0.05) is 6.07 Å². The number of hydrogen-bond acceptors (Lipinski definition) is 4.